The number of amides is 1. The first-order valence-electron chi connectivity index (χ1n) is 8.23. The van der Waals surface area contributed by atoms with Crippen LogP contribution in [0.25, 0.3) is 0 Å². The van der Waals surface area contributed by atoms with Gasteiger partial charge in [0.1, 0.15) is 5.75 Å². The number of rotatable bonds is 5. The highest BCUT2D eigenvalue weighted by Crippen LogP contribution is 2.29. The second-order valence-corrected chi connectivity index (χ2v) is 6.83. The number of carbonyl (C=O) groups is 1. The Labute approximate surface area is 170 Å². The van der Waals surface area contributed by atoms with E-state index in [1.54, 1.807) is 43.3 Å². The Morgan fingerprint density at radius 3 is 2.61 bits per heavy atom. The Morgan fingerprint density at radius 2 is 1.96 bits per heavy atom. The predicted molar refractivity (Wildman–Crippen MR) is 107 cm³/mol. The molecule has 5 nitrogen and oxygen atoms in total. The van der Waals surface area contributed by atoms with Crippen LogP contribution in [-0.2, 0) is 4.79 Å². The van der Waals surface area contributed by atoms with Gasteiger partial charge in [0.2, 0.25) is 0 Å². The maximum atomic E-state index is 12.9. The summed E-state index contributed by atoms with van der Waals surface area (Å²) in [6, 6.07) is 12.3. The standard InChI is InChI=1S/C19H16ClF2N3O2S/c1-10-15(17(26)24-13-4-2-3-12(20)9-13)16(25-19(28)23-10)11-5-7-14(8-6-11)27-18(21)22/h2-9,16,18H,1H3,(H,24,26)(H2,23,25,28). The van der Waals surface area contributed by atoms with Gasteiger partial charge < -0.3 is 20.7 Å². The fourth-order valence-electron chi connectivity index (χ4n) is 2.85. The molecule has 0 aromatic heterocycles. The number of halogens is 3. The van der Waals surface area contributed by atoms with Crippen molar-refractivity contribution in [3.8, 4) is 5.75 Å². The van der Waals surface area contributed by atoms with Crippen LogP contribution in [0.1, 0.15) is 18.5 Å². The maximum absolute atomic E-state index is 12.9. The van der Waals surface area contributed by atoms with Gasteiger partial charge in [-0.25, -0.2) is 0 Å². The number of thiocarbonyl (C=S) groups is 1. The molecule has 0 saturated carbocycles. The molecular formula is C19H16ClF2N3O2S. The van der Waals surface area contributed by atoms with E-state index >= 15 is 0 Å². The fraction of sp³-hybridized carbons (Fsp3) is 0.158. The Morgan fingerprint density at radius 1 is 1.25 bits per heavy atom. The molecule has 146 valence electrons. The smallest absolute Gasteiger partial charge is 0.387 e. The molecule has 9 heteroatoms. The zero-order valence-electron chi connectivity index (χ0n) is 14.6. The molecule has 0 radical (unpaired) electrons. The molecule has 0 aliphatic carbocycles. The summed E-state index contributed by atoms with van der Waals surface area (Å²) in [5.74, 6) is -0.318. The summed E-state index contributed by atoms with van der Waals surface area (Å²) in [6.45, 7) is -1.17. The number of hydrogen-bond donors (Lipinski definition) is 3. The van der Waals surface area contributed by atoms with Crippen LogP contribution in [0.2, 0.25) is 5.02 Å². The number of benzene rings is 2. The Bertz CT molecular complexity index is 935. The van der Waals surface area contributed by atoms with Crippen LogP contribution in [0.15, 0.2) is 59.8 Å². The number of nitrogens with one attached hydrogen (secondary N) is 3. The number of anilines is 1. The average molecular weight is 424 g/mol. The van der Waals surface area contributed by atoms with Crippen LogP contribution in [0.5, 0.6) is 5.75 Å². The SMILES string of the molecule is CC1=C(C(=O)Nc2cccc(Cl)c2)C(c2ccc(OC(F)F)cc2)NC(=S)N1. The molecule has 0 bridgehead atoms. The third-order valence-corrected chi connectivity index (χ3v) is 4.49. The summed E-state index contributed by atoms with van der Waals surface area (Å²) in [4.78, 5) is 12.9. The minimum atomic E-state index is -2.91. The van der Waals surface area contributed by atoms with E-state index in [2.05, 4.69) is 20.7 Å². The summed E-state index contributed by atoms with van der Waals surface area (Å²) < 4.78 is 29.1. The van der Waals surface area contributed by atoms with E-state index in [4.69, 9.17) is 23.8 Å². The lowest BCUT2D eigenvalue weighted by Crippen LogP contribution is -2.45. The zero-order valence-corrected chi connectivity index (χ0v) is 16.2. The van der Waals surface area contributed by atoms with Crippen molar-refractivity contribution in [3.05, 3.63) is 70.4 Å². The normalized spacial score (nSPS) is 16.5. The number of alkyl halides is 2. The molecule has 1 heterocycles. The molecule has 1 unspecified atom stereocenters. The van der Waals surface area contributed by atoms with Gasteiger partial charge >= 0.3 is 6.61 Å². The second kappa shape index (κ2) is 8.53. The van der Waals surface area contributed by atoms with E-state index in [0.717, 1.165) is 0 Å². The van der Waals surface area contributed by atoms with Gasteiger partial charge in [0.05, 0.1) is 11.6 Å². The van der Waals surface area contributed by atoms with E-state index in [1.165, 1.54) is 12.1 Å². The molecule has 28 heavy (non-hydrogen) atoms. The lowest BCUT2D eigenvalue weighted by Gasteiger charge is -2.30. The van der Waals surface area contributed by atoms with E-state index in [-0.39, 0.29) is 11.7 Å². The van der Waals surface area contributed by atoms with Crippen molar-refractivity contribution in [2.24, 2.45) is 0 Å². The van der Waals surface area contributed by atoms with Gasteiger partial charge in [0.15, 0.2) is 5.11 Å². The van der Waals surface area contributed by atoms with Crippen LogP contribution < -0.4 is 20.7 Å². The molecular weight excluding hydrogens is 408 g/mol. The molecule has 0 saturated heterocycles. The first kappa shape index (κ1) is 20.0. The van der Waals surface area contributed by atoms with Crippen LogP contribution in [0, 0.1) is 0 Å². The fourth-order valence-corrected chi connectivity index (χ4v) is 3.31. The summed E-state index contributed by atoms with van der Waals surface area (Å²) in [5, 5.41) is 9.63. The van der Waals surface area contributed by atoms with E-state index in [1.807, 2.05) is 0 Å². The predicted octanol–water partition coefficient (Wildman–Crippen LogP) is 4.37. The van der Waals surface area contributed by atoms with Crippen LogP contribution in [0.4, 0.5) is 14.5 Å². The monoisotopic (exact) mass is 423 g/mol. The number of carbonyl (C=O) groups excluding carboxylic acids is 1. The summed E-state index contributed by atoms with van der Waals surface area (Å²) >= 11 is 11.2. The van der Waals surface area contributed by atoms with Gasteiger partial charge in [-0.05, 0) is 55.0 Å². The van der Waals surface area contributed by atoms with E-state index < -0.39 is 12.7 Å². The van der Waals surface area contributed by atoms with Crippen molar-refractivity contribution < 1.29 is 18.3 Å². The van der Waals surface area contributed by atoms with Crippen molar-refractivity contribution in [2.45, 2.75) is 19.6 Å². The third-order valence-electron chi connectivity index (χ3n) is 4.03. The van der Waals surface area contributed by atoms with Crippen molar-refractivity contribution in [3.63, 3.8) is 0 Å². The minimum absolute atomic E-state index is 0.0286. The summed E-state index contributed by atoms with van der Waals surface area (Å²) in [6.07, 6.45) is 0. The molecule has 1 aliphatic rings. The van der Waals surface area contributed by atoms with E-state index in [9.17, 15) is 13.6 Å². The Hall–Kier alpha value is -2.71. The van der Waals surface area contributed by atoms with Gasteiger partial charge in [0, 0.05) is 16.4 Å². The molecule has 3 rings (SSSR count). The average Bonchev–Trinajstić information content (AvgIpc) is 2.61. The highest BCUT2D eigenvalue weighted by molar-refractivity contribution is 7.80. The molecule has 0 spiro atoms. The first-order valence-corrected chi connectivity index (χ1v) is 9.02. The zero-order chi connectivity index (χ0) is 20.3. The Balaban J connectivity index is 1.89. The minimum Gasteiger partial charge on any atom is -0.435 e. The van der Waals surface area contributed by atoms with Gasteiger partial charge in [0.25, 0.3) is 5.91 Å². The van der Waals surface area contributed by atoms with Crippen LogP contribution in [-0.4, -0.2) is 17.6 Å². The van der Waals surface area contributed by atoms with Crippen LogP contribution >= 0.6 is 23.8 Å². The highest BCUT2D eigenvalue weighted by atomic mass is 35.5. The van der Waals surface area contributed by atoms with Gasteiger partial charge in [-0.3, -0.25) is 4.79 Å². The molecule has 1 amide bonds. The van der Waals surface area contributed by atoms with Crippen LogP contribution in [0.3, 0.4) is 0 Å². The number of hydrogen-bond acceptors (Lipinski definition) is 3. The molecule has 2 aromatic carbocycles. The second-order valence-electron chi connectivity index (χ2n) is 5.98. The van der Waals surface area contributed by atoms with Crippen molar-refractivity contribution in [2.75, 3.05) is 5.32 Å². The topological polar surface area (TPSA) is 62.4 Å². The number of allylic oxidation sites excluding steroid dienone is 1. The van der Waals surface area contributed by atoms with Gasteiger partial charge in [-0.1, -0.05) is 29.8 Å². The quantitative estimate of drug-likeness (QED) is 0.623. The van der Waals surface area contributed by atoms with Gasteiger partial charge in [-0.2, -0.15) is 8.78 Å². The molecule has 3 N–H and O–H groups in total. The Kier molecular flexibility index (Phi) is 6.11. The highest BCUT2D eigenvalue weighted by Gasteiger charge is 2.30. The first-order chi connectivity index (χ1) is 13.3. The largest absolute Gasteiger partial charge is 0.435 e. The lowest BCUT2D eigenvalue weighted by molar-refractivity contribution is -0.113. The van der Waals surface area contributed by atoms with Crippen molar-refractivity contribution in [1.29, 1.82) is 0 Å². The molecule has 1 aliphatic heterocycles. The number of ether oxygens (including phenoxy) is 1. The molecule has 1 atom stereocenters. The van der Waals surface area contributed by atoms with Gasteiger partial charge in [-0.15, -0.1) is 0 Å². The maximum Gasteiger partial charge on any atom is 0.387 e. The molecule has 0 fully saturated rings. The molecule has 2 aromatic rings. The third kappa shape index (κ3) is 4.76. The van der Waals surface area contributed by atoms with E-state index in [0.29, 0.717) is 32.7 Å². The summed E-state index contributed by atoms with van der Waals surface area (Å²) in [7, 11) is 0. The van der Waals surface area contributed by atoms with Crippen molar-refractivity contribution >= 4 is 40.5 Å². The van der Waals surface area contributed by atoms with Crippen molar-refractivity contribution in [1.82, 2.24) is 10.6 Å². The summed E-state index contributed by atoms with van der Waals surface area (Å²) in [5.41, 5.74) is 2.21. The lowest BCUT2D eigenvalue weighted by atomic mass is 9.95.